The molecule has 2 amide bonds. The molecule has 2 aromatic rings. The molecule has 0 radical (unpaired) electrons. The highest BCUT2D eigenvalue weighted by atomic mass is 16.4. The fraction of sp³-hybridized carbons (Fsp3) is 0.250. The molecule has 19 heavy (non-hydrogen) atoms. The van der Waals surface area contributed by atoms with Crippen LogP contribution < -0.4 is 16.4 Å². The Morgan fingerprint density at radius 1 is 1.42 bits per heavy atom. The lowest BCUT2D eigenvalue weighted by Gasteiger charge is -2.20. The van der Waals surface area contributed by atoms with Crippen LogP contribution in [0.5, 0.6) is 0 Å². The number of piperidine rings is 1. The van der Waals surface area contributed by atoms with E-state index in [0.29, 0.717) is 29.6 Å². The van der Waals surface area contributed by atoms with Gasteiger partial charge < -0.3 is 15.5 Å². The summed E-state index contributed by atoms with van der Waals surface area (Å²) >= 11 is 0. The van der Waals surface area contributed by atoms with E-state index in [4.69, 9.17) is 10.2 Å². The number of nitrogens with one attached hydrogen (secondary N) is 2. The molecule has 98 valence electrons. The maximum atomic E-state index is 11.6. The topological polar surface area (TPSA) is 110 Å². The highest BCUT2D eigenvalue weighted by molar-refractivity contribution is 6.01. The summed E-state index contributed by atoms with van der Waals surface area (Å²) in [5.41, 5.74) is 7.39. The third kappa shape index (κ3) is 2.10. The van der Waals surface area contributed by atoms with Crippen LogP contribution in [0.25, 0.3) is 11.1 Å². The van der Waals surface area contributed by atoms with Crippen molar-refractivity contribution in [3.8, 4) is 0 Å². The van der Waals surface area contributed by atoms with Gasteiger partial charge in [0.25, 0.3) is 6.01 Å². The van der Waals surface area contributed by atoms with Gasteiger partial charge in [-0.2, -0.15) is 4.98 Å². The van der Waals surface area contributed by atoms with Crippen LogP contribution in [0.2, 0.25) is 0 Å². The molecule has 7 heteroatoms. The van der Waals surface area contributed by atoms with Crippen molar-refractivity contribution in [1.82, 2.24) is 10.3 Å². The number of fused-ring (bicyclic) bond motifs is 1. The zero-order valence-electron chi connectivity index (χ0n) is 9.97. The van der Waals surface area contributed by atoms with Gasteiger partial charge in [0.2, 0.25) is 11.8 Å². The van der Waals surface area contributed by atoms with Gasteiger partial charge in [-0.1, -0.05) is 6.07 Å². The summed E-state index contributed by atoms with van der Waals surface area (Å²) in [5, 5.41) is 5.13. The zero-order valence-corrected chi connectivity index (χ0v) is 9.97. The summed E-state index contributed by atoms with van der Waals surface area (Å²) in [6.07, 6.45) is 0.713. The van der Waals surface area contributed by atoms with Crippen molar-refractivity contribution in [2.24, 2.45) is 0 Å². The first-order valence-electron chi connectivity index (χ1n) is 5.89. The average molecular weight is 260 g/mol. The van der Waals surface area contributed by atoms with Crippen molar-refractivity contribution in [2.45, 2.75) is 18.9 Å². The van der Waals surface area contributed by atoms with Crippen LogP contribution in [0.4, 0.5) is 11.7 Å². The second-order valence-electron chi connectivity index (χ2n) is 4.36. The number of nitrogens with two attached hydrogens (primary N) is 1. The SMILES string of the molecule is Nc1cccc2oc(NC3CCC(=O)NC3=O)nc12. The van der Waals surface area contributed by atoms with Crippen molar-refractivity contribution in [1.29, 1.82) is 0 Å². The number of benzene rings is 1. The van der Waals surface area contributed by atoms with E-state index in [1.807, 2.05) is 0 Å². The molecule has 1 unspecified atom stereocenters. The molecule has 0 aliphatic carbocycles. The lowest BCUT2D eigenvalue weighted by molar-refractivity contribution is -0.133. The molecule has 1 atom stereocenters. The first kappa shape index (κ1) is 11.5. The lowest BCUT2D eigenvalue weighted by atomic mass is 10.1. The van der Waals surface area contributed by atoms with Crippen LogP contribution >= 0.6 is 0 Å². The molecule has 0 bridgehead atoms. The molecule has 1 aromatic heterocycles. The van der Waals surface area contributed by atoms with E-state index in [1.54, 1.807) is 18.2 Å². The van der Waals surface area contributed by atoms with Crippen molar-refractivity contribution < 1.29 is 14.0 Å². The minimum Gasteiger partial charge on any atom is -0.423 e. The van der Waals surface area contributed by atoms with Gasteiger partial charge in [0.15, 0.2) is 5.58 Å². The fourth-order valence-corrected chi connectivity index (χ4v) is 2.01. The number of amides is 2. The number of rotatable bonds is 2. The summed E-state index contributed by atoms with van der Waals surface area (Å²) in [7, 11) is 0. The predicted octanol–water partition coefficient (Wildman–Crippen LogP) is 0.627. The van der Waals surface area contributed by atoms with Gasteiger partial charge >= 0.3 is 0 Å². The van der Waals surface area contributed by atoms with Gasteiger partial charge in [0.1, 0.15) is 11.6 Å². The summed E-state index contributed by atoms with van der Waals surface area (Å²) < 4.78 is 5.46. The maximum absolute atomic E-state index is 11.6. The Kier molecular flexibility index (Phi) is 2.59. The van der Waals surface area contributed by atoms with E-state index >= 15 is 0 Å². The number of oxazole rings is 1. The van der Waals surface area contributed by atoms with Crippen LogP contribution in [0.1, 0.15) is 12.8 Å². The molecule has 2 heterocycles. The Bertz CT molecular complexity index is 664. The minimum atomic E-state index is -0.521. The summed E-state index contributed by atoms with van der Waals surface area (Å²) in [5.74, 6) is -0.628. The number of para-hydroxylation sites is 1. The van der Waals surface area contributed by atoms with Gasteiger partial charge in [0.05, 0.1) is 5.69 Å². The van der Waals surface area contributed by atoms with Crippen molar-refractivity contribution >= 4 is 34.6 Å². The molecule has 3 rings (SSSR count). The highest BCUT2D eigenvalue weighted by Gasteiger charge is 2.27. The Hall–Kier alpha value is -2.57. The van der Waals surface area contributed by atoms with Crippen LogP contribution in [0.3, 0.4) is 0 Å². The quantitative estimate of drug-likeness (QED) is 0.539. The molecule has 1 saturated heterocycles. The van der Waals surface area contributed by atoms with E-state index in [0.717, 1.165) is 0 Å². The van der Waals surface area contributed by atoms with Crippen molar-refractivity contribution in [3.63, 3.8) is 0 Å². The maximum Gasteiger partial charge on any atom is 0.296 e. The number of hydrogen-bond acceptors (Lipinski definition) is 6. The molecule has 1 fully saturated rings. The normalized spacial score (nSPS) is 19.5. The monoisotopic (exact) mass is 260 g/mol. The Morgan fingerprint density at radius 2 is 2.26 bits per heavy atom. The number of hydrogen-bond donors (Lipinski definition) is 3. The molecule has 1 aliphatic heterocycles. The molecule has 1 aromatic carbocycles. The second-order valence-corrected chi connectivity index (χ2v) is 4.36. The van der Waals surface area contributed by atoms with Gasteiger partial charge in [0, 0.05) is 6.42 Å². The van der Waals surface area contributed by atoms with Crippen LogP contribution in [-0.2, 0) is 9.59 Å². The van der Waals surface area contributed by atoms with Crippen molar-refractivity contribution in [2.75, 3.05) is 11.1 Å². The number of carbonyl (C=O) groups is 2. The number of aromatic nitrogens is 1. The second kappa shape index (κ2) is 4.27. The number of nitrogens with zero attached hydrogens (tertiary/aromatic N) is 1. The van der Waals surface area contributed by atoms with E-state index in [1.165, 1.54) is 0 Å². The molecule has 1 aliphatic rings. The van der Waals surface area contributed by atoms with Crippen LogP contribution in [0, 0.1) is 0 Å². The number of anilines is 2. The average Bonchev–Trinajstić information content (AvgIpc) is 2.77. The van der Waals surface area contributed by atoms with E-state index in [-0.39, 0.29) is 17.8 Å². The fourth-order valence-electron chi connectivity index (χ4n) is 2.01. The van der Waals surface area contributed by atoms with Gasteiger partial charge in [-0.3, -0.25) is 14.9 Å². The Morgan fingerprint density at radius 3 is 3.00 bits per heavy atom. The Balaban J connectivity index is 1.83. The molecular weight excluding hydrogens is 248 g/mol. The van der Waals surface area contributed by atoms with Gasteiger partial charge in [-0.15, -0.1) is 0 Å². The highest BCUT2D eigenvalue weighted by Crippen LogP contribution is 2.24. The van der Waals surface area contributed by atoms with Crippen LogP contribution in [0.15, 0.2) is 22.6 Å². The van der Waals surface area contributed by atoms with E-state index in [9.17, 15) is 9.59 Å². The van der Waals surface area contributed by atoms with E-state index < -0.39 is 6.04 Å². The molecular formula is C12H12N4O3. The largest absolute Gasteiger partial charge is 0.423 e. The summed E-state index contributed by atoms with van der Waals surface area (Å²) in [6.45, 7) is 0. The van der Waals surface area contributed by atoms with E-state index in [2.05, 4.69) is 15.6 Å². The molecule has 4 N–H and O–H groups in total. The minimum absolute atomic E-state index is 0.224. The molecule has 0 saturated carbocycles. The van der Waals surface area contributed by atoms with Crippen molar-refractivity contribution in [3.05, 3.63) is 18.2 Å². The number of carbonyl (C=O) groups excluding carboxylic acids is 2. The number of imide groups is 1. The number of nitrogen functional groups attached to an aromatic ring is 1. The van der Waals surface area contributed by atoms with Gasteiger partial charge in [-0.05, 0) is 18.6 Å². The third-order valence-corrected chi connectivity index (χ3v) is 2.99. The first-order valence-corrected chi connectivity index (χ1v) is 5.89. The first-order chi connectivity index (χ1) is 9.13. The lowest BCUT2D eigenvalue weighted by Crippen LogP contribution is -2.47. The third-order valence-electron chi connectivity index (χ3n) is 2.99. The molecule has 0 spiro atoms. The van der Waals surface area contributed by atoms with Gasteiger partial charge in [-0.25, -0.2) is 0 Å². The van der Waals surface area contributed by atoms with Crippen LogP contribution in [-0.4, -0.2) is 22.8 Å². The zero-order chi connectivity index (χ0) is 13.4. The summed E-state index contributed by atoms with van der Waals surface area (Å²) in [4.78, 5) is 26.8. The molecule has 7 nitrogen and oxygen atoms in total. The Labute approximate surface area is 108 Å². The predicted molar refractivity (Wildman–Crippen MR) is 68.2 cm³/mol. The smallest absolute Gasteiger partial charge is 0.296 e. The standard InChI is InChI=1S/C12H12N4O3/c13-6-2-1-3-8-10(6)16-12(19-8)14-7-4-5-9(17)15-11(7)18/h1-3,7H,4-5,13H2,(H,14,16)(H,15,17,18). The summed E-state index contributed by atoms with van der Waals surface area (Å²) in [6, 6.07) is 4.93.